The molecule has 8 atom stereocenters. The summed E-state index contributed by atoms with van der Waals surface area (Å²) >= 11 is 0. The van der Waals surface area contributed by atoms with E-state index in [-0.39, 0.29) is 45.9 Å². The van der Waals surface area contributed by atoms with Crippen LogP contribution in [0.4, 0.5) is 23.5 Å². The van der Waals surface area contributed by atoms with Gasteiger partial charge in [0.05, 0.1) is 13.2 Å². The molecule has 0 aliphatic carbocycles. The van der Waals surface area contributed by atoms with Gasteiger partial charge in [-0.2, -0.15) is 0 Å². The molecule has 0 bridgehead atoms. The summed E-state index contributed by atoms with van der Waals surface area (Å²) < 4.78 is 14.3. The average Bonchev–Trinajstić information content (AvgIpc) is 3.71. The summed E-state index contributed by atoms with van der Waals surface area (Å²) in [5, 5.41) is 67.3. The van der Waals surface area contributed by atoms with Crippen molar-refractivity contribution in [3.8, 4) is 0 Å². The number of imidazole rings is 2. The number of aliphatic hydroxyl groups is 6. The number of aliphatic hydroxyl groups excluding tert-OH is 6. The molecular weight excluding hydrogens is 572 g/mol. The van der Waals surface area contributed by atoms with Crippen molar-refractivity contribution in [2.24, 2.45) is 0 Å². The van der Waals surface area contributed by atoms with E-state index in [4.69, 9.17) is 20.9 Å². The highest BCUT2D eigenvalue weighted by Gasteiger charge is 2.46. The van der Waals surface area contributed by atoms with E-state index in [1.807, 2.05) is 0 Å². The van der Waals surface area contributed by atoms with E-state index in [1.165, 1.54) is 21.8 Å². The highest BCUT2D eigenvalue weighted by atomic mass is 16.6. The van der Waals surface area contributed by atoms with Crippen molar-refractivity contribution in [3.63, 3.8) is 0 Å². The molecule has 0 saturated carbocycles. The number of nitrogens with one attached hydrogen (secondary N) is 2. The van der Waals surface area contributed by atoms with Gasteiger partial charge in [-0.1, -0.05) is 0 Å². The minimum absolute atomic E-state index is 0.103. The largest absolute Gasteiger partial charge is 0.394 e. The maximum atomic E-state index is 10.6. The quantitative estimate of drug-likeness (QED) is 0.0777. The number of nitrogens with zero attached hydrogens (tertiary/aromatic N) is 8. The Bertz CT molecular complexity index is 1490. The van der Waals surface area contributed by atoms with E-state index >= 15 is 0 Å². The number of nitrogen functional groups attached to an aromatic ring is 2. The van der Waals surface area contributed by atoms with Gasteiger partial charge in [-0.3, -0.25) is 9.13 Å². The SMILES string of the molecule is Nc1ncnc2c1nc(NCCCNc1nc3c(N)ncnc3n1[C@@H]1O[C@H](CO)[C@H](O)[C@@H]1O)n2[C@@H]1O[C@H](CO)[C@H](O)[C@H]1O. The van der Waals surface area contributed by atoms with Crippen LogP contribution in [0.5, 0.6) is 0 Å². The van der Waals surface area contributed by atoms with Crippen LogP contribution in [0.1, 0.15) is 18.9 Å². The van der Waals surface area contributed by atoms with Crippen LogP contribution in [0.3, 0.4) is 0 Å². The Morgan fingerprint density at radius 3 is 1.47 bits per heavy atom. The summed E-state index contributed by atoms with van der Waals surface area (Å²) in [5.41, 5.74) is 13.0. The fraction of sp³-hybridized carbons (Fsp3) is 0.565. The van der Waals surface area contributed by atoms with Gasteiger partial charge < -0.3 is 62.2 Å². The standard InChI is InChI=1S/C23H32N12O8/c24-16-10-18(30-6-28-16)34(20-14(40)12(38)8(4-36)42-20)22(32-10)26-2-1-3-27-23-33-11-17(25)29-7-31-19(11)35(23)21-15(41)13(39)9(5-37)43-21/h6-9,12-15,20-21,36-41H,1-5H2,(H,26,32)(H,27,33)(H2,24,28,30)(H2,25,29,31)/t8-,9-,12+,13+,14-,15+,20-,21-/m1/s1. The van der Waals surface area contributed by atoms with E-state index < -0.39 is 62.3 Å². The van der Waals surface area contributed by atoms with E-state index in [1.54, 1.807) is 0 Å². The van der Waals surface area contributed by atoms with Gasteiger partial charge in [-0.25, -0.2) is 29.9 Å². The summed E-state index contributed by atoms with van der Waals surface area (Å²) in [6.45, 7) is -0.349. The number of ether oxygens (including phenoxy) is 2. The van der Waals surface area contributed by atoms with E-state index in [0.717, 1.165) is 0 Å². The first-order chi connectivity index (χ1) is 20.7. The Kier molecular flexibility index (Phi) is 7.83. The molecule has 20 heteroatoms. The maximum Gasteiger partial charge on any atom is 0.207 e. The van der Waals surface area contributed by atoms with Crippen LogP contribution in [0.2, 0.25) is 0 Å². The number of hydrogen-bond acceptors (Lipinski definition) is 18. The normalized spacial score (nSPS) is 29.2. The van der Waals surface area contributed by atoms with E-state index in [2.05, 4.69) is 40.5 Å². The van der Waals surface area contributed by atoms with E-state index in [0.29, 0.717) is 19.5 Å². The van der Waals surface area contributed by atoms with Gasteiger partial charge in [0.25, 0.3) is 0 Å². The molecule has 2 saturated heterocycles. The maximum absolute atomic E-state index is 10.6. The van der Waals surface area contributed by atoms with Crippen LogP contribution in [-0.4, -0.2) is 133 Å². The van der Waals surface area contributed by atoms with Crippen molar-refractivity contribution in [1.82, 2.24) is 39.0 Å². The van der Waals surface area contributed by atoms with Gasteiger partial charge in [0.2, 0.25) is 11.9 Å². The smallest absolute Gasteiger partial charge is 0.207 e. The summed E-state index contributed by atoms with van der Waals surface area (Å²) in [7, 11) is 0. The molecule has 0 aromatic carbocycles. The summed E-state index contributed by atoms with van der Waals surface area (Å²) in [5.74, 6) is 0.676. The third kappa shape index (κ3) is 4.92. The zero-order valence-corrected chi connectivity index (χ0v) is 22.5. The first-order valence-electron chi connectivity index (χ1n) is 13.4. The molecular formula is C23H32N12O8. The number of fused-ring (bicyclic) bond motifs is 2. The second kappa shape index (κ2) is 11.6. The van der Waals surface area contributed by atoms with Crippen molar-refractivity contribution in [3.05, 3.63) is 12.7 Å². The zero-order chi connectivity index (χ0) is 30.4. The van der Waals surface area contributed by atoms with Crippen molar-refractivity contribution in [1.29, 1.82) is 0 Å². The lowest BCUT2D eigenvalue weighted by atomic mass is 10.1. The van der Waals surface area contributed by atoms with Crippen molar-refractivity contribution >= 4 is 45.9 Å². The lowest BCUT2D eigenvalue weighted by Crippen LogP contribution is -2.33. The summed E-state index contributed by atoms with van der Waals surface area (Å²) in [6.07, 6.45) is -6.74. The molecule has 6 heterocycles. The molecule has 4 aromatic heterocycles. The molecule has 2 aliphatic rings. The topological polar surface area (TPSA) is 303 Å². The molecule has 0 radical (unpaired) electrons. The molecule has 0 spiro atoms. The predicted molar refractivity (Wildman–Crippen MR) is 147 cm³/mol. The molecule has 0 amide bonds. The lowest BCUT2D eigenvalue weighted by Gasteiger charge is -2.20. The molecule has 6 rings (SSSR count). The number of nitrogens with two attached hydrogens (primary N) is 2. The van der Waals surface area contributed by atoms with Crippen molar-refractivity contribution < 1.29 is 40.1 Å². The highest BCUT2D eigenvalue weighted by molar-refractivity contribution is 5.84. The number of aromatic nitrogens is 8. The number of hydrogen-bond donors (Lipinski definition) is 10. The lowest BCUT2D eigenvalue weighted by molar-refractivity contribution is -0.0501. The van der Waals surface area contributed by atoms with Crippen LogP contribution >= 0.6 is 0 Å². The van der Waals surface area contributed by atoms with Gasteiger partial charge in [0.1, 0.15) is 49.3 Å². The van der Waals surface area contributed by atoms with Gasteiger partial charge in [0.15, 0.2) is 46.4 Å². The molecule has 20 nitrogen and oxygen atoms in total. The minimum Gasteiger partial charge on any atom is -0.394 e. The summed E-state index contributed by atoms with van der Waals surface area (Å²) in [4.78, 5) is 25.3. The molecule has 0 unspecified atom stereocenters. The molecule has 43 heavy (non-hydrogen) atoms. The first-order valence-corrected chi connectivity index (χ1v) is 13.4. The molecule has 4 aromatic rings. The van der Waals surface area contributed by atoms with Gasteiger partial charge >= 0.3 is 0 Å². The van der Waals surface area contributed by atoms with Gasteiger partial charge in [0, 0.05) is 13.1 Å². The molecule has 232 valence electrons. The Labute approximate surface area is 242 Å². The Balaban J connectivity index is 1.19. The highest BCUT2D eigenvalue weighted by Crippen LogP contribution is 2.36. The van der Waals surface area contributed by atoms with Crippen LogP contribution in [-0.2, 0) is 9.47 Å². The van der Waals surface area contributed by atoms with Crippen LogP contribution in [0.25, 0.3) is 22.3 Å². The fourth-order valence-electron chi connectivity index (χ4n) is 5.26. The summed E-state index contributed by atoms with van der Waals surface area (Å²) in [6, 6.07) is 0. The fourth-order valence-corrected chi connectivity index (χ4v) is 5.26. The predicted octanol–water partition coefficient (Wildman–Crippen LogP) is -3.73. The van der Waals surface area contributed by atoms with Crippen LogP contribution < -0.4 is 22.1 Å². The van der Waals surface area contributed by atoms with Crippen LogP contribution in [0, 0.1) is 0 Å². The third-order valence-electron chi connectivity index (χ3n) is 7.47. The molecule has 2 aliphatic heterocycles. The zero-order valence-electron chi connectivity index (χ0n) is 22.5. The third-order valence-corrected chi connectivity index (χ3v) is 7.47. The Morgan fingerprint density at radius 1 is 0.674 bits per heavy atom. The average molecular weight is 605 g/mol. The second-order valence-electron chi connectivity index (χ2n) is 10.1. The minimum atomic E-state index is -1.38. The van der Waals surface area contributed by atoms with E-state index in [9.17, 15) is 30.6 Å². The monoisotopic (exact) mass is 604 g/mol. The Hall–Kier alpha value is -4.02. The van der Waals surface area contributed by atoms with Gasteiger partial charge in [-0.05, 0) is 6.42 Å². The second-order valence-corrected chi connectivity index (χ2v) is 10.1. The number of rotatable bonds is 10. The number of anilines is 4. The van der Waals surface area contributed by atoms with Crippen LogP contribution in [0.15, 0.2) is 12.7 Å². The molecule has 12 N–H and O–H groups in total. The molecule has 2 fully saturated rings. The van der Waals surface area contributed by atoms with Crippen molar-refractivity contribution in [2.45, 2.75) is 55.5 Å². The van der Waals surface area contributed by atoms with Crippen molar-refractivity contribution in [2.75, 3.05) is 48.4 Å². The first kappa shape index (κ1) is 29.1. The van der Waals surface area contributed by atoms with Gasteiger partial charge in [-0.15, -0.1) is 0 Å². The Morgan fingerprint density at radius 2 is 1.09 bits per heavy atom.